The molecule has 27 heavy (non-hydrogen) atoms. The fourth-order valence-corrected chi connectivity index (χ4v) is 5.51. The van der Waals surface area contributed by atoms with Crippen LogP contribution in [0.15, 0.2) is 42.5 Å². The first-order valence-electron chi connectivity index (χ1n) is 8.43. The van der Waals surface area contributed by atoms with Crippen LogP contribution >= 0.6 is 22.9 Å². The van der Waals surface area contributed by atoms with Crippen molar-refractivity contribution in [2.24, 2.45) is 0 Å². The van der Waals surface area contributed by atoms with Crippen molar-refractivity contribution in [1.29, 1.82) is 0 Å². The summed E-state index contributed by atoms with van der Waals surface area (Å²) in [5, 5.41) is 3.87. The summed E-state index contributed by atoms with van der Waals surface area (Å²) in [7, 11) is -3.24. The van der Waals surface area contributed by atoms with E-state index in [1.807, 2.05) is 37.3 Å². The summed E-state index contributed by atoms with van der Waals surface area (Å²) in [6, 6.07) is 12.7. The van der Waals surface area contributed by atoms with Crippen molar-refractivity contribution in [2.75, 3.05) is 11.1 Å². The summed E-state index contributed by atoms with van der Waals surface area (Å²) in [4.78, 5) is 16.5. The van der Waals surface area contributed by atoms with Gasteiger partial charge in [-0.25, -0.2) is 13.4 Å². The number of amides is 1. The number of nitrogens with one attached hydrogen (secondary N) is 1. The number of aromatic nitrogens is 1. The van der Waals surface area contributed by atoms with Crippen LogP contribution in [-0.2, 0) is 20.4 Å². The Hall–Kier alpha value is -1.96. The summed E-state index contributed by atoms with van der Waals surface area (Å²) >= 11 is 7.39. The molecule has 0 unspecified atom stereocenters. The van der Waals surface area contributed by atoms with Gasteiger partial charge < -0.3 is 5.32 Å². The first-order chi connectivity index (χ1) is 12.8. The number of rotatable bonds is 7. The number of benzene rings is 2. The fourth-order valence-electron chi connectivity index (χ4n) is 2.74. The first-order valence-corrected chi connectivity index (χ1v) is 11.4. The topological polar surface area (TPSA) is 76.1 Å². The number of carbonyl (C=O) groups excluding carboxylic acids is 1. The maximum Gasteiger partial charge on any atom is 0.226 e. The molecule has 3 aromatic rings. The van der Waals surface area contributed by atoms with Crippen molar-refractivity contribution in [1.82, 2.24) is 4.98 Å². The summed E-state index contributed by atoms with van der Waals surface area (Å²) in [5.74, 6) is -0.273. The molecule has 0 aliphatic rings. The lowest BCUT2D eigenvalue weighted by Crippen LogP contribution is -2.15. The zero-order valence-electron chi connectivity index (χ0n) is 14.7. The Bertz CT molecular complexity index is 1060. The third-order valence-electron chi connectivity index (χ3n) is 3.99. The molecule has 142 valence electrons. The normalized spacial score (nSPS) is 11.6. The molecule has 0 aliphatic carbocycles. The van der Waals surface area contributed by atoms with Crippen LogP contribution < -0.4 is 5.32 Å². The second-order valence-electron chi connectivity index (χ2n) is 6.32. The smallest absolute Gasteiger partial charge is 0.226 e. The maximum atomic E-state index is 12.2. The largest absolute Gasteiger partial charge is 0.302 e. The van der Waals surface area contributed by atoms with Crippen molar-refractivity contribution in [3.05, 3.63) is 58.6 Å². The van der Waals surface area contributed by atoms with E-state index in [-0.39, 0.29) is 30.3 Å². The van der Waals surface area contributed by atoms with E-state index in [4.69, 9.17) is 11.6 Å². The number of nitrogens with zero attached hydrogens (tertiary/aromatic N) is 1. The second-order valence-corrected chi connectivity index (χ2v) is 9.97. The Morgan fingerprint density at radius 3 is 2.70 bits per heavy atom. The highest BCUT2D eigenvalue weighted by molar-refractivity contribution is 7.90. The van der Waals surface area contributed by atoms with Gasteiger partial charge in [0.25, 0.3) is 0 Å². The number of thiazole rings is 1. The lowest BCUT2D eigenvalue weighted by atomic mass is 10.2. The molecule has 0 aliphatic heterocycles. The quantitative estimate of drug-likeness (QED) is 0.604. The highest BCUT2D eigenvalue weighted by Crippen LogP contribution is 2.31. The van der Waals surface area contributed by atoms with E-state index >= 15 is 0 Å². The van der Waals surface area contributed by atoms with Gasteiger partial charge in [0.15, 0.2) is 15.0 Å². The molecule has 1 aromatic heterocycles. The first kappa shape index (κ1) is 19.8. The lowest BCUT2D eigenvalue weighted by molar-refractivity contribution is -0.116. The Balaban J connectivity index is 1.53. The monoisotopic (exact) mass is 422 g/mol. The van der Waals surface area contributed by atoms with Crippen LogP contribution in [0, 0.1) is 6.92 Å². The van der Waals surface area contributed by atoms with Crippen molar-refractivity contribution in [3.8, 4) is 0 Å². The van der Waals surface area contributed by atoms with E-state index in [0.717, 1.165) is 21.3 Å². The molecule has 8 heteroatoms. The van der Waals surface area contributed by atoms with Crippen LogP contribution in [0.1, 0.15) is 24.0 Å². The Morgan fingerprint density at radius 2 is 1.96 bits per heavy atom. The SMILES string of the molecule is Cc1cc(Cl)cc2sc(NC(=O)CCCS(=O)(=O)Cc3ccccc3)nc12. The molecule has 1 heterocycles. The van der Waals surface area contributed by atoms with Crippen LogP contribution in [-0.4, -0.2) is 25.1 Å². The molecule has 0 atom stereocenters. The minimum Gasteiger partial charge on any atom is -0.302 e. The Labute approximate surface area is 167 Å². The van der Waals surface area contributed by atoms with E-state index in [1.165, 1.54) is 11.3 Å². The molecule has 0 saturated heterocycles. The summed E-state index contributed by atoms with van der Waals surface area (Å²) in [5.41, 5.74) is 2.51. The van der Waals surface area contributed by atoms with Crippen LogP contribution in [0.3, 0.4) is 0 Å². The molecular weight excluding hydrogens is 404 g/mol. The molecule has 0 radical (unpaired) electrons. The Kier molecular flexibility index (Phi) is 6.14. The molecular formula is C19H19ClN2O3S2. The number of fused-ring (bicyclic) bond motifs is 1. The molecule has 3 rings (SSSR count). The average Bonchev–Trinajstić information content (AvgIpc) is 2.97. The zero-order valence-corrected chi connectivity index (χ0v) is 17.1. The van der Waals surface area contributed by atoms with Gasteiger partial charge in [0.05, 0.1) is 21.7 Å². The third kappa shape index (κ3) is 5.51. The van der Waals surface area contributed by atoms with Crippen LogP contribution in [0.4, 0.5) is 5.13 Å². The number of carbonyl (C=O) groups is 1. The lowest BCUT2D eigenvalue weighted by Gasteiger charge is -2.05. The van der Waals surface area contributed by atoms with Gasteiger partial charge in [0.1, 0.15) is 0 Å². The van der Waals surface area contributed by atoms with E-state index in [9.17, 15) is 13.2 Å². The predicted octanol–water partition coefficient (Wildman–Crippen LogP) is 4.59. The molecule has 1 N–H and O–H groups in total. The summed E-state index contributed by atoms with van der Waals surface area (Å²) < 4.78 is 25.2. The van der Waals surface area contributed by atoms with E-state index in [1.54, 1.807) is 12.1 Å². The van der Waals surface area contributed by atoms with Crippen molar-refractivity contribution >= 4 is 54.0 Å². The number of sulfone groups is 1. The molecule has 2 aromatic carbocycles. The molecule has 1 amide bonds. The van der Waals surface area contributed by atoms with E-state index in [0.29, 0.717) is 10.2 Å². The van der Waals surface area contributed by atoms with Crippen LogP contribution in [0.5, 0.6) is 0 Å². The predicted molar refractivity (Wildman–Crippen MR) is 111 cm³/mol. The standard InChI is InChI=1S/C19H19ClN2O3S2/c1-13-10-15(20)11-16-18(13)22-19(26-16)21-17(23)8-5-9-27(24,25)12-14-6-3-2-4-7-14/h2-4,6-7,10-11H,5,8-9,12H2,1H3,(H,21,22,23). The molecule has 0 bridgehead atoms. The summed E-state index contributed by atoms with van der Waals surface area (Å²) in [6.07, 6.45) is 0.403. The third-order valence-corrected chi connectivity index (χ3v) is 6.81. The van der Waals surface area contributed by atoms with Crippen molar-refractivity contribution in [3.63, 3.8) is 0 Å². The van der Waals surface area contributed by atoms with E-state index < -0.39 is 9.84 Å². The average molecular weight is 423 g/mol. The highest BCUT2D eigenvalue weighted by atomic mass is 35.5. The molecule has 0 spiro atoms. The van der Waals surface area contributed by atoms with Gasteiger partial charge in [0.2, 0.25) is 5.91 Å². The molecule has 5 nitrogen and oxygen atoms in total. The van der Waals surface area contributed by atoms with Crippen molar-refractivity contribution < 1.29 is 13.2 Å². The summed E-state index contributed by atoms with van der Waals surface area (Å²) in [6.45, 7) is 1.91. The van der Waals surface area contributed by atoms with Gasteiger partial charge >= 0.3 is 0 Å². The van der Waals surface area contributed by atoms with Gasteiger partial charge in [0, 0.05) is 11.4 Å². The Morgan fingerprint density at radius 1 is 1.22 bits per heavy atom. The number of anilines is 1. The number of hydrogen-bond donors (Lipinski definition) is 1. The van der Waals surface area contributed by atoms with Gasteiger partial charge in [-0.05, 0) is 36.6 Å². The number of hydrogen-bond acceptors (Lipinski definition) is 5. The van der Waals surface area contributed by atoms with Gasteiger partial charge in [-0.3, -0.25) is 4.79 Å². The van der Waals surface area contributed by atoms with E-state index in [2.05, 4.69) is 10.3 Å². The zero-order chi connectivity index (χ0) is 19.4. The number of halogens is 1. The van der Waals surface area contributed by atoms with Gasteiger partial charge in [-0.2, -0.15) is 0 Å². The molecule has 0 saturated carbocycles. The second kappa shape index (κ2) is 8.37. The van der Waals surface area contributed by atoms with Crippen LogP contribution in [0.2, 0.25) is 5.02 Å². The van der Waals surface area contributed by atoms with Crippen molar-refractivity contribution in [2.45, 2.75) is 25.5 Å². The maximum absolute atomic E-state index is 12.2. The highest BCUT2D eigenvalue weighted by Gasteiger charge is 2.14. The minimum absolute atomic E-state index is 0.00658. The van der Waals surface area contributed by atoms with Gasteiger partial charge in [-0.15, -0.1) is 0 Å². The molecule has 0 fully saturated rings. The van der Waals surface area contributed by atoms with Crippen LogP contribution in [0.25, 0.3) is 10.2 Å². The fraction of sp³-hybridized carbons (Fsp3) is 0.263. The minimum atomic E-state index is -3.24. The van der Waals surface area contributed by atoms with Gasteiger partial charge in [-0.1, -0.05) is 53.3 Å². The number of aryl methyl sites for hydroxylation is 1.